The summed E-state index contributed by atoms with van der Waals surface area (Å²) < 4.78 is 0. The molecule has 0 aliphatic heterocycles. The average Bonchev–Trinajstić information content (AvgIpc) is 2.13. The Kier molecular flexibility index (Phi) is 4.69. The van der Waals surface area contributed by atoms with Gasteiger partial charge < -0.3 is 5.32 Å². The van der Waals surface area contributed by atoms with E-state index >= 15 is 0 Å². The smallest absolute Gasteiger partial charge is 0.225 e. The van der Waals surface area contributed by atoms with Crippen molar-refractivity contribution >= 4 is 23.4 Å². The van der Waals surface area contributed by atoms with E-state index in [0.717, 1.165) is 11.4 Å². The highest BCUT2D eigenvalue weighted by Crippen LogP contribution is 2.14. The van der Waals surface area contributed by atoms with E-state index in [-0.39, 0.29) is 5.91 Å². The summed E-state index contributed by atoms with van der Waals surface area (Å²) in [4.78, 5) is 11.5. The Labute approximate surface area is 95.5 Å². The van der Waals surface area contributed by atoms with Gasteiger partial charge in [0.05, 0.1) is 0 Å². The molecular weight excluding hydrogens is 206 g/mol. The van der Waals surface area contributed by atoms with Crippen LogP contribution in [0.3, 0.4) is 0 Å². The van der Waals surface area contributed by atoms with Crippen molar-refractivity contribution in [3.05, 3.63) is 29.3 Å². The normalized spacial score (nSPS) is 10.1. The fraction of sp³-hybridized carbons (Fsp3) is 0.417. The molecule has 0 fully saturated rings. The van der Waals surface area contributed by atoms with Crippen molar-refractivity contribution in [3.8, 4) is 0 Å². The number of thioether (sulfide) groups is 1. The van der Waals surface area contributed by atoms with Gasteiger partial charge in [-0.15, -0.1) is 0 Å². The van der Waals surface area contributed by atoms with Crippen LogP contribution in [0.15, 0.2) is 18.2 Å². The lowest BCUT2D eigenvalue weighted by Gasteiger charge is -2.06. The minimum absolute atomic E-state index is 0.0920. The van der Waals surface area contributed by atoms with Crippen LogP contribution in [0.4, 0.5) is 5.69 Å². The maximum absolute atomic E-state index is 11.5. The minimum Gasteiger partial charge on any atom is -0.326 e. The molecule has 0 heterocycles. The molecule has 0 aliphatic rings. The standard InChI is InChI=1S/C12H17NOS/c1-9-6-10(2)8-11(7-9)13-12(14)4-5-15-3/h6-8H,4-5H2,1-3H3,(H,13,14). The van der Waals surface area contributed by atoms with Crippen LogP contribution in [0.5, 0.6) is 0 Å². The summed E-state index contributed by atoms with van der Waals surface area (Å²) >= 11 is 1.69. The molecule has 15 heavy (non-hydrogen) atoms. The van der Waals surface area contributed by atoms with Crippen molar-refractivity contribution in [2.24, 2.45) is 0 Å². The molecule has 0 radical (unpaired) electrons. The summed E-state index contributed by atoms with van der Waals surface area (Å²) in [7, 11) is 0. The molecule has 82 valence electrons. The number of rotatable bonds is 4. The van der Waals surface area contributed by atoms with Crippen molar-refractivity contribution < 1.29 is 4.79 Å². The fourth-order valence-electron chi connectivity index (χ4n) is 1.47. The first-order chi connectivity index (χ1) is 7.11. The number of benzene rings is 1. The largest absolute Gasteiger partial charge is 0.326 e. The number of carbonyl (C=O) groups is 1. The van der Waals surface area contributed by atoms with Gasteiger partial charge in [-0.2, -0.15) is 11.8 Å². The molecule has 0 saturated carbocycles. The molecule has 0 atom stereocenters. The number of aryl methyl sites for hydroxylation is 2. The number of hydrogen-bond acceptors (Lipinski definition) is 2. The van der Waals surface area contributed by atoms with Crippen molar-refractivity contribution in [1.82, 2.24) is 0 Å². The van der Waals surface area contributed by atoms with E-state index in [1.807, 2.05) is 32.2 Å². The zero-order valence-corrected chi connectivity index (χ0v) is 10.3. The van der Waals surface area contributed by atoms with Gasteiger partial charge in [0.15, 0.2) is 0 Å². The van der Waals surface area contributed by atoms with Crippen LogP contribution in [0.2, 0.25) is 0 Å². The maximum Gasteiger partial charge on any atom is 0.225 e. The van der Waals surface area contributed by atoms with Crippen LogP contribution in [-0.2, 0) is 4.79 Å². The van der Waals surface area contributed by atoms with Crippen LogP contribution in [0, 0.1) is 13.8 Å². The van der Waals surface area contributed by atoms with Gasteiger partial charge in [-0.1, -0.05) is 6.07 Å². The second kappa shape index (κ2) is 5.81. The highest BCUT2D eigenvalue weighted by atomic mass is 32.2. The molecule has 2 nitrogen and oxygen atoms in total. The Bertz CT molecular complexity index is 329. The number of anilines is 1. The highest BCUT2D eigenvalue weighted by Gasteiger charge is 2.02. The van der Waals surface area contributed by atoms with Gasteiger partial charge in [0.1, 0.15) is 0 Å². The van der Waals surface area contributed by atoms with E-state index in [2.05, 4.69) is 11.4 Å². The third-order valence-corrected chi connectivity index (χ3v) is 2.65. The second-order valence-electron chi connectivity index (χ2n) is 3.67. The van der Waals surface area contributed by atoms with E-state index in [0.29, 0.717) is 6.42 Å². The van der Waals surface area contributed by atoms with Gasteiger partial charge in [-0.05, 0) is 43.4 Å². The number of nitrogens with one attached hydrogen (secondary N) is 1. The highest BCUT2D eigenvalue weighted by molar-refractivity contribution is 7.98. The first-order valence-corrected chi connectivity index (χ1v) is 6.38. The topological polar surface area (TPSA) is 29.1 Å². The van der Waals surface area contributed by atoms with E-state index in [9.17, 15) is 4.79 Å². The van der Waals surface area contributed by atoms with E-state index in [1.54, 1.807) is 11.8 Å². The monoisotopic (exact) mass is 223 g/mol. The van der Waals surface area contributed by atoms with Crippen molar-refractivity contribution in [3.63, 3.8) is 0 Å². The van der Waals surface area contributed by atoms with Crippen LogP contribution in [-0.4, -0.2) is 17.9 Å². The second-order valence-corrected chi connectivity index (χ2v) is 4.65. The van der Waals surface area contributed by atoms with Gasteiger partial charge in [-0.3, -0.25) is 4.79 Å². The predicted octanol–water partition coefficient (Wildman–Crippen LogP) is 3.00. The lowest BCUT2D eigenvalue weighted by atomic mass is 10.1. The van der Waals surface area contributed by atoms with Crippen LogP contribution >= 0.6 is 11.8 Å². The third kappa shape index (κ3) is 4.38. The summed E-state index contributed by atoms with van der Waals surface area (Å²) in [6, 6.07) is 6.07. The van der Waals surface area contributed by atoms with E-state index in [1.165, 1.54) is 11.1 Å². The zero-order valence-electron chi connectivity index (χ0n) is 9.46. The van der Waals surface area contributed by atoms with Crippen LogP contribution < -0.4 is 5.32 Å². The minimum atomic E-state index is 0.0920. The first kappa shape index (κ1) is 12.1. The quantitative estimate of drug-likeness (QED) is 0.850. The van der Waals surface area contributed by atoms with Gasteiger partial charge >= 0.3 is 0 Å². The summed E-state index contributed by atoms with van der Waals surface area (Å²) in [6.45, 7) is 4.06. The Morgan fingerprint density at radius 2 is 1.87 bits per heavy atom. The number of amides is 1. The van der Waals surface area contributed by atoms with Crippen LogP contribution in [0.25, 0.3) is 0 Å². The predicted molar refractivity (Wildman–Crippen MR) is 67.5 cm³/mol. The maximum atomic E-state index is 11.5. The van der Waals surface area contributed by atoms with Gasteiger partial charge in [0.25, 0.3) is 0 Å². The molecule has 0 aromatic heterocycles. The van der Waals surface area contributed by atoms with Gasteiger partial charge in [-0.25, -0.2) is 0 Å². The molecule has 1 aromatic rings. The molecular formula is C12H17NOS. The molecule has 1 N–H and O–H groups in total. The summed E-state index contributed by atoms with van der Waals surface area (Å²) in [5.41, 5.74) is 3.25. The molecule has 3 heteroatoms. The lowest BCUT2D eigenvalue weighted by Crippen LogP contribution is -2.12. The molecule has 1 amide bonds. The molecule has 0 spiro atoms. The average molecular weight is 223 g/mol. The molecule has 1 aromatic carbocycles. The Morgan fingerprint density at radius 1 is 1.27 bits per heavy atom. The van der Waals surface area contributed by atoms with Gasteiger partial charge in [0, 0.05) is 17.9 Å². The molecule has 0 bridgehead atoms. The Morgan fingerprint density at radius 3 is 2.40 bits per heavy atom. The summed E-state index contributed by atoms with van der Waals surface area (Å²) in [5, 5.41) is 2.91. The van der Waals surface area contributed by atoms with Crippen molar-refractivity contribution in [2.75, 3.05) is 17.3 Å². The Hall–Kier alpha value is -0.960. The fourth-order valence-corrected chi connectivity index (χ4v) is 1.85. The van der Waals surface area contributed by atoms with Crippen molar-refractivity contribution in [2.45, 2.75) is 20.3 Å². The first-order valence-electron chi connectivity index (χ1n) is 4.99. The van der Waals surface area contributed by atoms with E-state index in [4.69, 9.17) is 0 Å². The lowest BCUT2D eigenvalue weighted by molar-refractivity contribution is -0.115. The summed E-state index contributed by atoms with van der Waals surface area (Å²) in [5.74, 6) is 0.964. The van der Waals surface area contributed by atoms with Crippen LogP contribution in [0.1, 0.15) is 17.5 Å². The summed E-state index contributed by atoms with van der Waals surface area (Å²) in [6.07, 6.45) is 2.58. The van der Waals surface area contributed by atoms with Gasteiger partial charge in [0.2, 0.25) is 5.91 Å². The molecule has 0 saturated heterocycles. The molecule has 1 rings (SSSR count). The number of hydrogen-bond donors (Lipinski definition) is 1. The SMILES string of the molecule is CSCCC(=O)Nc1cc(C)cc(C)c1. The van der Waals surface area contributed by atoms with Crippen molar-refractivity contribution in [1.29, 1.82) is 0 Å². The van der Waals surface area contributed by atoms with E-state index < -0.39 is 0 Å². The molecule has 0 aliphatic carbocycles. The Balaban J connectivity index is 2.60. The molecule has 0 unspecified atom stereocenters. The number of carbonyl (C=O) groups excluding carboxylic acids is 1. The zero-order chi connectivity index (χ0) is 11.3. The third-order valence-electron chi connectivity index (χ3n) is 2.04.